The van der Waals surface area contributed by atoms with E-state index in [0.29, 0.717) is 31.0 Å². The summed E-state index contributed by atoms with van der Waals surface area (Å²) in [5, 5.41) is 3.88. The van der Waals surface area contributed by atoms with Crippen LogP contribution in [0.15, 0.2) is 29.0 Å². The Balaban J connectivity index is 1.68. The number of hydrogen-bond donors (Lipinski definition) is 0. The molecule has 1 saturated carbocycles. The van der Waals surface area contributed by atoms with Crippen molar-refractivity contribution < 1.29 is 17.7 Å². The molecule has 0 aliphatic heterocycles. The smallest absolute Gasteiger partial charge is 0.339 e. The van der Waals surface area contributed by atoms with Gasteiger partial charge in [0, 0.05) is 24.7 Å². The SMILES string of the molecule is FC(F)(F)C1CCCC(c2nc(Cc3cccnc3)no2)C1. The first-order valence-corrected chi connectivity index (χ1v) is 7.30. The van der Waals surface area contributed by atoms with Crippen LogP contribution in [-0.2, 0) is 6.42 Å². The van der Waals surface area contributed by atoms with Crippen molar-refractivity contribution >= 4 is 0 Å². The van der Waals surface area contributed by atoms with Crippen LogP contribution in [0.2, 0.25) is 0 Å². The zero-order chi connectivity index (χ0) is 15.6. The summed E-state index contributed by atoms with van der Waals surface area (Å²) in [7, 11) is 0. The maximum absolute atomic E-state index is 12.8. The molecule has 2 unspecified atom stereocenters. The minimum absolute atomic E-state index is 0.0397. The molecule has 2 atom stereocenters. The van der Waals surface area contributed by atoms with Crippen molar-refractivity contribution in [1.29, 1.82) is 0 Å². The highest BCUT2D eigenvalue weighted by molar-refractivity contribution is 5.14. The van der Waals surface area contributed by atoms with Crippen LogP contribution in [-0.4, -0.2) is 21.3 Å². The summed E-state index contributed by atoms with van der Waals surface area (Å²) in [5.41, 5.74) is 0.937. The van der Waals surface area contributed by atoms with Crippen LogP contribution < -0.4 is 0 Å². The Morgan fingerprint density at radius 3 is 2.86 bits per heavy atom. The van der Waals surface area contributed by atoms with Crippen LogP contribution in [0.4, 0.5) is 13.2 Å². The molecule has 3 rings (SSSR count). The Hall–Kier alpha value is -1.92. The van der Waals surface area contributed by atoms with Gasteiger partial charge in [0.25, 0.3) is 0 Å². The normalized spacial score (nSPS) is 22.7. The standard InChI is InChI=1S/C15H16F3N3O/c16-15(17,18)12-5-1-4-11(8-12)14-20-13(21-22-14)7-10-3-2-6-19-9-10/h2-3,6,9,11-12H,1,4-5,7-8H2. The summed E-state index contributed by atoms with van der Waals surface area (Å²) in [6, 6.07) is 3.70. The second-order valence-electron chi connectivity index (χ2n) is 5.69. The molecule has 1 aliphatic rings. The monoisotopic (exact) mass is 311 g/mol. The molecule has 0 aromatic carbocycles. The lowest BCUT2D eigenvalue weighted by Gasteiger charge is -2.28. The Kier molecular flexibility index (Phi) is 4.13. The highest BCUT2D eigenvalue weighted by Gasteiger charge is 2.43. The van der Waals surface area contributed by atoms with Gasteiger partial charge < -0.3 is 4.52 Å². The van der Waals surface area contributed by atoms with Crippen molar-refractivity contribution in [3.05, 3.63) is 41.8 Å². The van der Waals surface area contributed by atoms with E-state index in [1.807, 2.05) is 12.1 Å². The van der Waals surface area contributed by atoms with E-state index in [2.05, 4.69) is 15.1 Å². The summed E-state index contributed by atoms with van der Waals surface area (Å²) in [5.74, 6) is -0.750. The molecule has 2 aromatic heterocycles. The van der Waals surface area contributed by atoms with Crippen molar-refractivity contribution in [2.75, 3.05) is 0 Å². The summed E-state index contributed by atoms with van der Waals surface area (Å²) >= 11 is 0. The number of nitrogens with zero attached hydrogens (tertiary/aromatic N) is 3. The van der Waals surface area contributed by atoms with E-state index in [4.69, 9.17) is 4.52 Å². The molecule has 0 saturated heterocycles. The molecule has 2 aromatic rings. The molecule has 7 heteroatoms. The zero-order valence-corrected chi connectivity index (χ0v) is 11.9. The topological polar surface area (TPSA) is 51.8 Å². The zero-order valence-electron chi connectivity index (χ0n) is 11.9. The minimum Gasteiger partial charge on any atom is -0.339 e. The Bertz CT molecular complexity index is 612. The van der Waals surface area contributed by atoms with Crippen molar-refractivity contribution in [2.24, 2.45) is 5.92 Å². The fraction of sp³-hybridized carbons (Fsp3) is 0.533. The van der Waals surface area contributed by atoms with E-state index < -0.39 is 12.1 Å². The quantitative estimate of drug-likeness (QED) is 0.863. The van der Waals surface area contributed by atoms with Gasteiger partial charge >= 0.3 is 6.18 Å². The van der Waals surface area contributed by atoms with Gasteiger partial charge in [-0.15, -0.1) is 0 Å². The maximum atomic E-state index is 12.8. The van der Waals surface area contributed by atoms with Gasteiger partial charge in [-0.05, 0) is 30.9 Å². The molecule has 0 N–H and O–H groups in total. The van der Waals surface area contributed by atoms with E-state index in [9.17, 15) is 13.2 Å². The lowest BCUT2D eigenvalue weighted by Crippen LogP contribution is -2.28. The molecule has 1 fully saturated rings. The van der Waals surface area contributed by atoms with Crippen molar-refractivity contribution in [3.63, 3.8) is 0 Å². The van der Waals surface area contributed by atoms with Crippen molar-refractivity contribution in [1.82, 2.24) is 15.1 Å². The lowest BCUT2D eigenvalue weighted by atomic mass is 9.81. The Labute approximate surface area is 125 Å². The van der Waals surface area contributed by atoms with Gasteiger partial charge in [0.1, 0.15) is 0 Å². The second kappa shape index (κ2) is 6.06. The molecule has 0 spiro atoms. The van der Waals surface area contributed by atoms with Crippen molar-refractivity contribution in [2.45, 2.75) is 44.2 Å². The van der Waals surface area contributed by atoms with Gasteiger partial charge in [-0.3, -0.25) is 4.98 Å². The van der Waals surface area contributed by atoms with Crippen molar-refractivity contribution in [3.8, 4) is 0 Å². The molecule has 4 nitrogen and oxygen atoms in total. The third-order valence-electron chi connectivity index (χ3n) is 4.06. The molecule has 0 radical (unpaired) electrons. The molecular weight excluding hydrogens is 295 g/mol. The van der Waals surface area contributed by atoms with Crippen LogP contribution >= 0.6 is 0 Å². The van der Waals surface area contributed by atoms with Crippen LogP contribution in [0.3, 0.4) is 0 Å². The number of rotatable bonds is 3. The third kappa shape index (κ3) is 3.45. The largest absolute Gasteiger partial charge is 0.391 e. The van der Waals surface area contributed by atoms with Crippen LogP contribution in [0.5, 0.6) is 0 Å². The third-order valence-corrected chi connectivity index (χ3v) is 4.06. The Morgan fingerprint density at radius 2 is 2.14 bits per heavy atom. The lowest BCUT2D eigenvalue weighted by molar-refractivity contribution is -0.183. The highest BCUT2D eigenvalue weighted by Crippen LogP contribution is 2.43. The number of aromatic nitrogens is 3. The minimum atomic E-state index is -4.14. The van der Waals surface area contributed by atoms with Crippen LogP contribution in [0.25, 0.3) is 0 Å². The maximum Gasteiger partial charge on any atom is 0.391 e. The van der Waals surface area contributed by atoms with Gasteiger partial charge in [0.05, 0.1) is 5.92 Å². The molecule has 0 amide bonds. The fourth-order valence-corrected chi connectivity index (χ4v) is 2.90. The first kappa shape index (κ1) is 15.0. The van der Waals surface area contributed by atoms with Gasteiger partial charge in [-0.1, -0.05) is 17.6 Å². The van der Waals surface area contributed by atoms with E-state index in [-0.39, 0.29) is 18.8 Å². The summed E-state index contributed by atoms with van der Waals surface area (Å²) in [6.45, 7) is 0. The number of alkyl halides is 3. The second-order valence-corrected chi connectivity index (χ2v) is 5.69. The van der Waals surface area contributed by atoms with E-state index in [0.717, 1.165) is 5.56 Å². The molecule has 2 heterocycles. The molecular formula is C15H16F3N3O. The number of pyridine rings is 1. The predicted molar refractivity (Wildman–Crippen MR) is 72.1 cm³/mol. The molecule has 22 heavy (non-hydrogen) atoms. The first-order valence-electron chi connectivity index (χ1n) is 7.30. The van der Waals surface area contributed by atoms with Gasteiger partial charge in [0.15, 0.2) is 5.82 Å². The Morgan fingerprint density at radius 1 is 1.27 bits per heavy atom. The first-order chi connectivity index (χ1) is 10.5. The number of hydrogen-bond acceptors (Lipinski definition) is 4. The van der Waals surface area contributed by atoms with E-state index in [1.54, 1.807) is 12.4 Å². The van der Waals surface area contributed by atoms with Gasteiger partial charge in [0.2, 0.25) is 5.89 Å². The summed E-state index contributed by atoms with van der Waals surface area (Å²) in [6.07, 6.45) is 1.13. The van der Waals surface area contributed by atoms with E-state index >= 15 is 0 Å². The van der Waals surface area contributed by atoms with E-state index in [1.165, 1.54) is 0 Å². The average Bonchev–Trinajstić information content (AvgIpc) is 2.96. The van der Waals surface area contributed by atoms with Crippen LogP contribution in [0.1, 0.15) is 48.9 Å². The molecule has 1 aliphatic carbocycles. The van der Waals surface area contributed by atoms with Gasteiger partial charge in [-0.25, -0.2) is 0 Å². The van der Waals surface area contributed by atoms with Gasteiger partial charge in [-0.2, -0.15) is 18.2 Å². The highest BCUT2D eigenvalue weighted by atomic mass is 19.4. The summed E-state index contributed by atoms with van der Waals surface area (Å²) < 4.78 is 43.7. The predicted octanol–water partition coefficient (Wildman–Crippen LogP) is 3.89. The molecule has 118 valence electrons. The fourth-order valence-electron chi connectivity index (χ4n) is 2.90. The average molecular weight is 311 g/mol. The summed E-state index contributed by atoms with van der Waals surface area (Å²) in [4.78, 5) is 8.28. The molecule has 0 bridgehead atoms. The number of halogens is 3. The van der Waals surface area contributed by atoms with Crippen LogP contribution in [0, 0.1) is 5.92 Å².